The Bertz CT molecular complexity index is 389. The number of hydrazine groups is 1. The quantitative estimate of drug-likeness (QED) is 0.321. The molecule has 0 fully saturated rings. The molecule has 0 aliphatic heterocycles. The Kier molecular flexibility index (Phi) is 3.95. The third-order valence-corrected chi connectivity index (χ3v) is 2.18. The van der Waals surface area contributed by atoms with Gasteiger partial charge in [-0.25, -0.2) is 5.84 Å². The molecule has 0 bridgehead atoms. The number of nitrogens with two attached hydrogens (primary N) is 1. The molecule has 0 saturated heterocycles. The fraction of sp³-hybridized carbons (Fsp3) is 0.500. The van der Waals surface area contributed by atoms with Gasteiger partial charge in [0.2, 0.25) is 5.91 Å². The maximum atomic E-state index is 10.9. The molecule has 1 unspecified atom stereocenters. The number of carbonyl (C=O) groups excluding carboxylic acids is 1. The van der Waals surface area contributed by atoms with Gasteiger partial charge in [0, 0.05) is 6.42 Å². The second kappa shape index (κ2) is 5.21. The van der Waals surface area contributed by atoms with E-state index >= 15 is 0 Å². The number of nitro groups is 1. The Hall–Kier alpha value is -1.96. The van der Waals surface area contributed by atoms with Gasteiger partial charge in [-0.2, -0.15) is 4.68 Å². The molecule has 88 valence electrons. The van der Waals surface area contributed by atoms with Crippen LogP contribution in [0.4, 0.5) is 5.82 Å². The van der Waals surface area contributed by atoms with Gasteiger partial charge in [-0.1, -0.05) is 0 Å². The molecule has 0 saturated carbocycles. The highest BCUT2D eigenvalue weighted by Gasteiger charge is 2.16. The van der Waals surface area contributed by atoms with E-state index in [1.807, 2.05) is 12.3 Å². The van der Waals surface area contributed by atoms with Crippen LogP contribution in [0.25, 0.3) is 0 Å². The normalized spacial score (nSPS) is 12.1. The highest BCUT2D eigenvalue weighted by atomic mass is 16.6. The summed E-state index contributed by atoms with van der Waals surface area (Å²) in [5, 5.41) is 14.2. The van der Waals surface area contributed by atoms with Gasteiger partial charge in [-0.3, -0.25) is 10.2 Å². The Morgan fingerprint density at radius 2 is 2.50 bits per heavy atom. The molecule has 1 atom stereocenters. The van der Waals surface area contributed by atoms with E-state index in [4.69, 9.17) is 5.84 Å². The van der Waals surface area contributed by atoms with Crippen molar-refractivity contribution in [3.63, 3.8) is 0 Å². The maximum Gasteiger partial charge on any atom is 0.389 e. The minimum atomic E-state index is -0.560. The topological polar surface area (TPSA) is 116 Å². The molecule has 1 rings (SSSR count). The minimum absolute atomic E-state index is 0.0917. The van der Waals surface area contributed by atoms with Crippen LogP contribution in [-0.2, 0) is 4.79 Å². The summed E-state index contributed by atoms with van der Waals surface area (Å²) in [5.74, 6) is 4.46. The molecule has 3 N–H and O–H groups in total. The molecular weight excluding hydrogens is 214 g/mol. The summed E-state index contributed by atoms with van der Waals surface area (Å²) in [7, 11) is 0. The van der Waals surface area contributed by atoms with E-state index in [0.29, 0.717) is 6.42 Å². The average molecular weight is 227 g/mol. The molecule has 1 aromatic rings. The predicted molar refractivity (Wildman–Crippen MR) is 55.2 cm³/mol. The van der Waals surface area contributed by atoms with Crippen molar-refractivity contribution in [3.05, 3.63) is 22.4 Å². The fourth-order valence-electron chi connectivity index (χ4n) is 1.22. The largest absolute Gasteiger partial charge is 0.389 e. The van der Waals surface area contributed by atoms with Gasteiger partial charge < -0.3 is 10.1 Å². The summed E-state index contributed by atoms with van der Waals surface area (Å²) >= 11 is 0. The first-order chi connectivity index (χ1) is 7.54. The lowest BCUT2D eigenvalue weighted by Crippen LogP contribution is -2.30. The average Bonchev–Trinajstić information content (AvgIpc) is 2.74. The Labute approximate surface area is 91.5 Å². The first-order valence-electron chi connectivity index (χ1n) is 4.73. The van der Waals surface area contributed by atoms with E-state index in [2.05, 4.69) is 5.10 Å². The van der Waals surface area contributed by atoms with Crippen LogP contribution in [0.15, 0.2) is 12.3 Å². The number of aromatic nitrogens is 2. The number of carbonyl (C=O) groups is 1. The van der Waals surface area contributed by atoms with Crippen LogP contribution in [0, 0.1) is 10.1 Å². The zero-order valence-corrected chi connectivity index (χ0v) is 8.79. The standard InChI is InChI=1S/C8H13N5O3/c1-6(2-3-8(14)10-9)12-5-4-7(11-12)13(15)16/h4-6H,2-3,9H2,1H3,(H,10,14). The summed E-state index contributed by atoms with van der Waals surface area (Å²) in [6, 6.07) is 1.23. The second-order valence-electron chi connectivity index (χ2n) is 3.37. The molecule has 1 amide bonds. The van der Waals surface area contributed by atoms with Crippen LogP contribution in [-0.4, -0.2) is 20.6 Å². The molecule has 0 aliphatic rings. The van der Waals surface area contributed by atoms with Crippen molar-refractivity contribution in [2.24, 2.45) is 5.84 Å². The number of nitrogens with one attached hydrogen (secondary N) is 1. The number of hydrogen-bond acceptors (Lipinski definition) is 5. The van der Waals surface area contributed by atoms with Crippen LogP contribution in [0.5, 0.6) is 0 Å². The molecule has 0 aliphatic carbocycles. The summed E-state index contributed by atoms with van der Waals surface area (Å²) in [4.78, 5) is 20.7. The zero-order valence-electron chi connectivity index (χ0n) is 8.79. The highest BCUT2D eigenvalue weighted by molar-refractivity contribution is 5.75. The Morgan fingerprint density at radius 3 is 3.00 bits per heavy atom. The molecule has 1 aromatic heterocycles. The molecular formula is C8H13N5O3. The van der Waals surface area contributed by atoms with Gasteiger partial charge in [0.1, 0.15) is 0 Å². The van der Waals surface area contributed by atoms with Crippen molar-refractivity contribution >= 4 is 11.7 Å². The van der Waals surface area contributed by atoms with Crippen molar-refractivity contribution in [2.75, 3.05) is 0 Å². The summed E-state index contributed by atoms with van der Waals surface area (Å²) in [6.07, 6.45) is 2.29. The van der Waals surface area contributed by atoms with Crippen molar-refractivity contribution in [3.8, 4) is 0 Å². The molecule has 1 heterocycles. The van der Waals surface area contributed by atoms with Gasteiger partial charge in [0.05, 0.1) is 23.4 Å². The first-order valence-corrected chi connectivity index (χ1v) is 4.73. The van der Waals surface area contributed by atoms with Crippen molar-refractivity contribution in [1.29, 1.82) is 0 Å². The lowest BCUT2D eigenvalue weighted by Gasteiger charge is -2.07. The van der Waals surface area contributed by atoms with Crippen LogP contribution in [0.1, 0.15) is 25.8 Å². The van der Waals surface area contributed by atoms with Gasteiger partial charge >= 0.3 is 5.82 Å². The zero-order chi connectivity index (χ0) is 12.1. The van der Waals surface area contributed by atoms with Crippen LogP contribution >= 0.6 is 0 Å². The second-order valence-corrected chi connectivity index (χ2v) is 3.37. The van der Waals surface area contributed by atoms with Gasteiger partial charge in [-0.05, 0) is 18.3 Å². The van der Waals surface area contributed by atoms with Gasteiger partial charge in [0.15, 0.2) is 0 Å². The van der Waals surface area contributed by atoms with Crippen LogP contribution in [0.3, 0.4) is 0 Å². The summed E-state index contributed by atoms with van der Waals surface area (Å²) in [6.45, 7) is 1.82. The van der Waals surface area contributed by atoms with Crippen molar-refractivity contribution in [1.82, 2.24) is 15.2 Å². The number of rotatable bonds is 5. The third kappa shape index (κ3) is 3.02. The first kappa shape index (κ1) is 12.1. The van der Waals surface area contributed by atoms with Crippen LogP contribution in [0.2, 0.25) is 0 Å². The van der Waals surface area contributed by atoms with E-state index in [1.54, 1.807) is 0 Å². The SMILES string of the molecule is CC(CCC(=O)NN)n1ccc([N+](=O)[O-])n1. The van der Waals surface area contributed by atoms with E-state index < -0.39 is 4.92 Å². The van der Waals surface area contributed by atoms with Crippen LogP contribution < -0.4 is 11.3 Å². The van der Waals surface area contributed by atoms with E-state index in [0.717, 1.165) is 0 Å². The lowest BCUT2D eigenvalue weighted by molar-refractivity contribution is -0.389. The number of amides is 1. The molecule has 0 aromatic carbocycles. The van der Waals surface area contributed by atoms with E-state index in [-0.39, 0.29) is 24.2 Å². The molecule has 8 nitrogen and oxygen atoms in total. The molecule has 16 heavy (non-hydrogen) atoms. The van der Waals surface area contributed by atoms with E-state index in [9.17, 15) is 14.9 Å². The predicted octanol–water partition coefficient (Wildman–Crippen LogP) is 0.122. The monoisotopic (exact) mass is 227 g/mol. The van der Waals surface area contributed by atoms with Gasteiger partial charge in [0.25, 0.3) is 0 Å². The molecule has 0 spiro atoms. The van der Waals surface area contributed by atoms with Crippen molar-refractivity contribution in [2.45, 2.75) is 25.8 Å². The smallest absolute Gasteiger partial charge is 0.358 e. The Balaban J connectivity index is 2.55. The summed E-state index contributed by atoms with van der Waals surface area (Å²) < 4.78 is 1.46. The molecule has 0 radical (unpaired) electrons. The maximum absolute atomic E-state index is 10.9. The minimum Gasteiger partial charge on any atom is -0.358 e. The van der Waals surface area contributed by atoms with E-state index in [1.165, 1.54) is 16.9 Å². The number of hydrogen-bond donors (Lipinski definition) is 2. The van der Waals surface area contributed by atoms with Gasteiger partial charge in [-0.15, -0.1) is 0 Å². The fourth-order valence-corrected chi connectivity index (χ4v) is 1.22. The highest BCUT2D eigenvalue weighted by Crippen LogP contribution is 2.15. The third-order valence-electron chi connectivity index (χ3n) is 2.18. The number of nitrogens with zero attached hydrogens (tertiary/aromatic N) is 3. The lowest BCUT2D eigenvalue weighted by atomic mass is 10.2. The molecule has 8 heteroatoms. The van der Waals surface area contributed by atoms with Crippen molar-refractivity contribution < 1.29 is 9.72 Å². The summed E-state index contributed by atoms with van der Waals surface area (Å²) in [5.41, 5.74) is 2.02. The Morgan fingerprint density at radius 1 is 1.81 bits per heavy atom.